The molecule has 0 saturated carbocycles. The number of methoxy groups -OCH3 is 1. The minimum Gasteiger partial charge on any atom is -0.496 e. The molecule has 120 valence electrons. The van der Waals surface area contributed by atoms with Gasteiger partial charge in [-0.1, -0.05) is 12.1 Å². The van der Waals surface area contributed by atoms with Gasteiger partial charge in [0, 0.05) is 13.6 Å². The van der Waals surface area contributed by atoms with E-state index in [4.69, 9.17) is 4.74 Å². The predicted molar refractivity (Wildman–Crippen MR) is 87.0 cm³/mol. The van der Waals surface area contributed by atoms with Crippen molar-refractivity contribution in [2.24, 2.45) is 0 Å². The van der Waals surface area contributed by atoms with Gasteiger partial charge in [0.05, 0.1) is 7.11 Å². The quantitative estimate of drug-likeness (QED) is 0.857. The summed E-state index contributed by atoms with van der Waals surface area (Å²) in [6, 6.07) is 6.15. The fraction of sp³-hybridized carbons (Fsp3) is 0.611. The molecule has 2 aliphatic heterocycles. The van der Waals surface area contributed by atoms with Crippen LogP contribution < -0.4 is 4.74 Å². The maximum absolute atomic E-state index is 13.0. The number of hydrogen-bond acceptors (Lipinski definition) is 3. The van der Waals surface area contributed by atoms with Gasteiger partial charge >= 0.3 is 0 Å². The average molecular weight is 302 g/mol. The SMILES string of the molecule is COc1ccc(CN(C)C(=O)C23CCCN2CCC3)cc1C. The standard InChI is InChI=1S/C18H26N2O2/c1-14-12-15(6-7-16(14)22-3)13-19(2)17(21)18-8-4-10-20(18)11-5-9-18/h6-7,12H,4-5,8-11,13H2,1-3H3. The smallest absolute Gasteiger partial charge is 0.243 e. The molecular weight excluding hydrogens is 276 g/mol. The number of hydrogen-bond donors (Lipinski definition) is 0. The number of benzene rings is 1. The van der Waals surface area contributed by atoms with Crippen LogP contribution in [0.25, 0.3) is 0 Å². The predicted octanol–water partition coefficient (Wildman–Crippen LogP) is 2.59. The Kier molecular flexibility index (Phi) is 4.13. The molecule has 4 heteroatoms. The van der Waals surface area contributed by atoms with Crippen molar-refractivity contribution < 1.29 is 9.53 Å². The summed E-state index contributed by atoms with van der Waals surface area (Å²) in [6.07, 6.45) is 4.36. The highest BCUT2D eigenvalue weighted by molar-refractivity contribution is 5.87. The van der Waals surface area contributed by atoms with Gasteiger partial charge in [-0.15, -0.1) is 0 Å². The van der Waals surface area contributed by atoms with Crippen molar-refractivity contribution in [2.75, 3.05) is 27.2 Å². The maximum atomic E-state index is 13.0. The molecule has 0 spiro atoms. The van der Waals surface area contributed by atoms with Crippen LogP contribution in [0.3, 0.4) is 0 Å². The molecule has 0 unspecified atom stereocenters. The van der Waals surface area contributed by atoms with Crippen LogP contribution in [0.5, 0.6) is 5.75 Å². The molecule has 3 rings (SSSR count). The first-order chi connectivity index (χ1) is 10.6. The molecule has 0 N–H and O–H groups in total. The third-order valence-electron chi connectivity index (χ3n) is 5.27. The number of likely N-dealkylation sites (N-methyl/N-ethyl adjacent to an activating group) is 1. The summed E-state index contributed by atoms with van der Waals surface area (Å²) in [4.78, 5) is 17.3. The van der Waals surface area contributed by atoms with Crippen LogP contribution in [-0.4, -0.2) is 48.5 Å². The summed E-state index contributed by atoms with van der Waals surface area (Å²) in [7, 11) is 3.62. The van der Waals surface area contributed by atoms with Crippen molar-refractivity contribution in [1.29, 1.82) is 0 Å². The molecule has 0 aromatic heterocycles. The van der Waals surface area contributed by atoms with Crippen molar-refractivity contribution in [3.05, 3.63) is 29.3 Å². The van der Waals surface area contributed by atoms with Crippen LogP contribution in [0.2, 0.25) is 0 Å². The number of carbonyl (C=O) groups is 1. The van der Waals surface area contributed by atoms with Gasteiger partial charge in [-0.3, -0.25) is 9.69 Å². The average Bonchev–Trinajstić information content (AvgIpc) is 3.07. The minimum absolute atomic E-state index is 0.198. The second-order valence-corrected chi connectivity index (χ2v) is 6.69. The van der Waals surface area contributed by atoms with Crippen LogP contribution in [0.4, 0.5) is 0 Å². The first kappa shape index (κ1) is 15.3. The van der Waals surface area contributed by atoms with Crippen molar-refractivity contribution in [2.45, 2.75) is 44.7 Å². The number of carbonyl (C=O) groups excluding carboxylic acids is 1. The first-order valence-corrected chi connectivity index (χ1v) is 8.21. The molecule has 0 aliphatic carbocycles. The Hall–Kier alpha value is -1.55. The summed E-state index contributed by atoms with van der Waals surface area (Å²) in [5.41, 5.74) is 2.08. The normalized spacial score (nSPS) is 20.0. The van der Waals surface area contributed by atoms with Crippen LogP contribution in [-0.2, 0) is 11.3 Å². The Bertz CT molecular complexity index is 560. The van der Waals surface area contributed by atoms with Gasteiger partial charge in [-0.2, -0.15) is 0 Å². The second-order valence-electron chi connectivity index (χ2n) is 6.69. The van der Waals surface area contributed by atoms with Crippen molar-refractivity contribution >= 4 is 5.91 Å². The summed E-state index contributed by atoms with van der Waals surface area (Å²) in [6.45, 7) is 4.88. The lowest BCUT2D eigenvalue weighted by atomic mass is 9.92. The first-order valence-electron chi connectivity index (χ1n) is 8.21. The molecule has 1 aromatic carbocycles. The Balaban J connectivity index is 1.73. The van der Waals surface area contributed by atoms with Gasteiger partial charge in [-0.05, 0) is 62.9 Å². The molecule has 0 atom stereocenters. The van der Waals surface area contributed by atoms with E-state index in [1.54, 1.807) is 7.11 Å². The molecule has 4 nitrogen and oxygen atoms in total. The Morgan fingerprint density at radius 2 is 2.00 bits per heavy atom. The van der Waals surface area contributed by atoms with Crippen molar-refractivity contribution in [3.8, 4) is 5.75 Å². The zero-order chi connectivity index (χ0) is 15.7. The third kappa shape index (κ3) is 2.50. The Morgan fingerprint density at radius 3 is 2.59 bits per heavy atom. The lowest BCUT2D eigenvalue weighted by Gasteiger charge is -2.34. The zero-order valence-corrected chi connectivity index (χ0v) is 13.9. The van der Waals surface area contributed by atoms with Crippen molar-refractivity contribution in [3.63, 3.8) is 0 Å². The molecule has 2 fully saturated rings. The summed E-state index contributed by atoms with van der Waals surface area (Å²) < 4.78 is 5.30. The summed E-state index contributed by atoms with van der Waals surface area (Å²) in [5, 5.41) is 0. The number of ether oxygens (including phenoxy) is 1. The number of amides is 1. The van der Waals surface area contributed by atoms with Gasteiger partial charge in [0.15, 0.2) is 0 Å². The zero-order valence-electron chi connectivity index (χ0n) is 13.9. The van der Waals surface area contributed by atoms with Crippen LogP contribution >= 0.6 is 0 Å². The lowest BCUT2D eigenvalue weighted by Crippen LogP contribution is -2.52. The molecule has 2 saturated heterocycles. The molecule has 1 amide bonds. The lowest BCUT2D eigenvalue weighted by molar-refractivity contribution is -0.140. The van der Waals surface area contributed by atoms with Crippen molar-refractivity contribution in [1.82, 2.24) is 9.80 Å². The van der Waals surface area contributed by atoms with E-state index in [9.17, 15) is 4.79 Å². The summed E-state index contributed by atoms with van der Waals surface area (Å²) in [5.74, 6) is 1.20. The fourth-order valence-electron chi connectivity index (χ4n) is 4.19. The molecule has 2 aliphatic rings. The van der Waals surface area contributed by atoms with E-state index in [1.807, 2.05) is 31.0 Å². The minimum atomic E-state index is -0.198. The van der Waals surface area contributed by atoms with E-state index < -0.39 is 0 Å². The maximum Gasteiger partial charge on any atom is 0.243 e. The fourth-order valence-corrected chi connectivity index (χ4v) is 4.19. The number of nitrogens with zero attached hydrogens (tertiary/aromatic N) is 2. The molecular formula is C18H26N2O2. The molecule has 2 heterocycles. The number of fused-ring (bicyclic) bond motifs is 1. The van der Waals surface area contributed by atoms with E-state index in [0.717, 1.165) is 55.6 Å². The van der Waals surface area contributed by atoms with Crippen LogP contribution in [0.15, 0.2) is 18.2 Å². The van der Waals surface area contributed by atoms with Gasteiger partial charge < -0.3 is 9.64 Å². The van der Waals surface area contributed by atoms with E-state index in [0.29, 0.717) is 12.5 Å². The molecule has 22 heavy (non-hydrogen) atoms. The van der Waals surface area contributed by atoms with Gasteiger partial charge in [-0.25, -0.2) is 0 Å². The number of aryl methyl sites for hydroxylation is 1. The Morgan fingerprint density at radius 1 is 1.32 bits per heavy atom. The van der Waals surface area contributed by atoms with E-state index >= 15 is 0 Å². The Labute approximate surface area is 133 Å². The highest BCUT2D eigenvalue weighted by atomic mass is 16.5. The molecule has 0 radical (unpaired) electrons. The second kappa shape index (κ2) is 5.92. The van der Waals surface area contributed by atoms with E-state index in [2.05, 4.69) is 11.0 Å². The van der Waals surface area contributed by atoms with Gasteiger partial charge in [0.2, 0.25) is 5.91 Å². The van der Waals surface area contributed by atoms with E-state index in [-0.39, 0.29) is 5.54 Å². The van der Waals surface area contributed by atoms with Crippen LogP contribution in [0.1, 0.15) is 36.8 Å². The number of rotatable bonds is 4. The molecule has 0 bridgehead atoms. The topological polar surface area (TPSA) is 32.8 Å². The van der Waals surface area contributed by atoms with Gasteiger partial charge in [0.1, 0.15) is 11.3 Å². The third-order valence-corrected chi connectivity index (χ3v) is 5.27. The van der Waals surface area contributed by atoms with Crippen LogP contribution in [0, 0.1) is 6.92 Å². The summed E-state index contributed by atoms with van der Waals surface area (Å²) >= 11 is 0. The highest BCUT2D eigenvalue weighted by Gasteiger charge is 2.50. The molecule has 1 aromatic rings. The largest absolute Gasteiger partial charge is 0.496 e. The van der Waals surface area contributed by atoms with Gasteiger partial charge in [0.25, 0.3) is 0 Å². The van der Waals surface area contributed by atoms with E-state index in [1.165, 1.54) is 0 Å². The highest BCUT2D eigenvalue weighted by Crippen LogP contribution is 2.40. The monoisotopic (exact) mass is 302 g/mol.